The minimum Gasteiger partial charge on any atom is -0.367 e. The third-order valence-corrected chi connectivity index (χ3v) is 4.20. The van der Waals surface area contributed by atoms with Gasteiger partial charge in [-0.3, -0.25) is 0 Å². The van der Waals surface area contributed by atoms with E-state index in [4.69, 9.17) is 21.9 Å². The van der Waals surface area contributed by atoms with Crippen LogP contribution in [0.4, 0.5) is 5.88 Å². The molecule has 0 aliphatic heterocycles. The molecule has 5 heteroatoms. The molecule has 0 aliphatic carbocycles. The second-order valence-electron chi connectivity index (χ2n) is 4.60. The van der Waals surface area contributed by atoms with Crippen LogP contribution in [0.1, 0.15) is 19.4 Å². The summed E-state index contributed by atoms with van der Waals surface area (Å²) in [5, 5.41) is 4.76. The van der Waals surface area contributed by atoms with Crippen LogP contribution in [0.15, 0.2) is 22.7 Å². The van der Waals surface area contributed by atoms with E-state index >= 15 is 0 Å². The number of benzene rings is 1. The van der Waals surface area contributed by atoms with Crippen LogP contribution >= 0.6 is 34.2 Å². The molecule has 0 fully saturated rings. The van der Waals surface area contributed by atoms with Gasteiger partial charge in [0, 0.05) is 14.7 Å². The lowest BCUT2D eigenvalue weighted by Gasteiger charge is -2.06. The SMILES string of the molecule is CC(C)Cc1c(-c2ccc(I)c(Cl)c2)noc1N. The molecule has 0 saturated carbocycles. The molecule has 0 spiro atoms. The Kier molecular flexibility index (Phi) is 4.17. The molecular formula is C13H14ClIN2O. The van der Waals surface area contributed by atoms with Crippen molar-refractivity contribution in [2.75, 3.05) is 5.73 Å². The highest BCUT2D eigenvalue weighted by Gasteiger charge is 2.17. The highest BCUT2D eigenvalue weighted by molar-refractivity contribution is 14.1. The molecule has 1 aromatic carbocycles. The average Bonchev–Trinajstić information content (AvgIpc) is 2.64. The number of nitrogen functional groups attached to an aromatic ring is 1. The zero-order chi connectivity index (χ0) is 13.3. The van der Waals surface area contributed by atoms with Crippen molar-refractivity contribution in [3.63, 3.8) is 0 Å². The monoisotopic (exact) mass is 376 g/mol. The Hall–Kier alpha value is -0.750. The Labute approximate surface area is 125 Å². The van der Waals surface area contributed by atoms with E-state index in [1.54, 1.807) is 0 Å². The summed E-state index contributed by atoms with van der Waals surface area (Å²) in [4.78, 5) is 0. The average molecular weight is 377 g/mol. The van der Waals surface area contributed by atoms with Crippen LogP contribution in [-0.4, -0.2) is 5.16 Å². The van der Waals surface area contributed by atoms with Crippen LogP contribution in [0.25, 0.3) is 11.3 Å². The fraction of sp³-hybridized carbons (Fsp3) is 0.308. The van der Waals surface area contributed by atoms with Crippen LogP contribution in [0.2, 0.25) is 5.02 Å². The van der Waals surface area contributed by atoms with Crippen molar-refractivity contribution in [3.05, 3.63) is 32.4 Å². The molecule has 18 heavy (non-hydrogen) atoms. The number of anilines is 1. The second kappa shape index (κ2) is 5.48. The maximum Gasteiger partial charge on any atom is 0.225 e. The van der Waals surface area contributed by atoms with Crippen molar-refractivity contribution >= 4 is 40.1 Å². The highest BCUT2D eigenvalue weighted by atomic mass is 127. The molecule has 2 rings (SSSR count). The van der Waals surface area contributed by atoms with Gasteiger partial charge in [-0.2, -0.15) is 0 Å². The minimum atomic E-state index is 0.397. The first kappa shape index (κ1) is 13.7. The number of rotatable bonds is 3. The fourth-order valence-electron chi connectivity index (χ4n) is 1.80. The maximum absolute atomic E-state index is 6.13. The van der Waals surface area contributed by atoms with Crippen LogP contribution in [0.3, 0.4) is 0 Å². The first-order valence-electron chi connectivity index (χ1n) is 5.68. The lowest BCUT2D eigenvalue weighted by Crippen LogP contribution is -1.98. The third kappa shape index (κ3) is 2.80. The molecule has 2 aromatic rings. The van der Waals surface area contributed by atoms with Gasteiger partial charge in [0.15, 0.2) is 0 Å². The largest absolute Gasteiger partial charge is 0.367 e. The first-order chi connectivity index (χ1) is 8.49. The molecule has 0 amide bonds. The molecular weight excluding hydrogens is 363 g/mol. The fourth-order valence-corrected chi connectivity index (χ4v) is 2.31. The molecule has 0 bridgehead atoms. The Morgan fingerprint density at radius 2 is 2.17 bits per heavy atom. The van der Waals surface area contributed by atoms with Gasteiger partial charge in [0.05, 0.1) is 5.02 Å². The summed E-state index contributed by atoms with van der Waals surface area (Å²) in [6, 6.07) is 5.83. The van der Waals surface area contributed by atoms with Gasteiger partial charge in [0.25, 0.3) is 0 Å². The summed E-state index contributed by atoms with van der Waals surface area (Å²) >= 11 is 8.33. The number of nitrogens with two attached hydrogens (primary N) is 1. The molecule has 1 heterocycles. The van der Waals surface area contributed by atoms with Gasteiger partial charge in [0.2, 0.25) is 5.88 Å². The number of halogens is 2. The normalized spacial score (nSPS) is 11.2. The van der Waals surface area contributed by atoms with Crippen LogP contribution in [0, 0.1) is 9.49 Å². The summed E-state index contributed by atoms with van der Waals surface area (Å²) in [5.74, 6) is 0.887. The Morgan fingerprint density at radius 1 is 1.44 bits per heavy atom. The van der Waals surface area contributed by atoms with Crippen LogP contribution in [-0.2, 0) is 6.42 Å². The molecule has 3 nitrogen and oxygen atoms in total. The van der Waals surface area contributed by atoms with Gasteiger partial charge < -0.3 is 10.3 Å². The Balaban J connectivity index is 2.47. The smallest absolute Gasteiger partial charge is 0.225 e. The van der Waals surface area contributed by atoms with Crippen molar-refractivity contribution in [1.29, 1.82) is 0 Å². The van der Waals surface area contributed by atoms with Gasteiger partial charge in [-0.05, 0) is 47.1 Å². The number of hydrogen-bond acceptors (Lipinski definition) is 3. The Morgan fingerprint density at radius 3 is 2.78 bits per heavy atom. The molecule has 0 aliphatic rings. The van der Waals surface area contributed by atoms with Crippen LogP contribution in [0.5, 0.6) is 0 Å². The van der Waals surface area contributed by atoms with Crippen molar-refractivity contribution in [3.8, 4) is 11.3 Å². The van der Waals surface area contributed by atoms with Gasteiger partial charge in [-0.15, -0.1) is 0 Å². The Bertz CT molecular complexity index is 566. The number of aromatic nitrogens is 1. The molecule has 1 aromatic heterocycles. The lowest BCUT2D eigenvalue weighted by molar-refractivity contribution is 0.438. The van der Waals surface area contributed by atoms with E-state index in [0.717, 1.165) is 26.8 Å². The second-order valence-corrected chi connectivity index (χ2v) is 6.17. The molecule has 96 valence electrons. The standard InChI is InChI=1S/C13H14ClIN2O/c1-7(2)5-9-12(17-18-13(9)16)8-3-4-11(15)10(14)6-8/h3-4,6-7H,5,16H2,1-2H3. The van der Waals surface area contributed by atoms with E-state index in [0.29, 0.717) is 16.8 Å². The zero-order valence-electron chi connectivity index (χ0n) is 10.2. The van der Waals surface area contributed by atoms with Crippen LogP contribution < -0.4 is 5.73 Å². The predicted octanol–water partition coefficient (Wildman–Crippen LogP) is 4.38. The first-order valence-corrected chi connectivity index (χ1v) is 7.14. The van der Waals surface area contributed by atoms with Gasteiger partial charge in [-0.1, -0.05) is 36.7 Å². The van der Waals surface area contributed by atoms with Crippen molar-refractivity contribution in [2.24, 2.45) is 5.92 Å². The maximum atomic E-state index is 6.13. The van der Waals surface area contributed by atoms with Crippen molar-refractivity contribution in [2.45, 2.75) is 20.3 Å². The summed E-state index contributed by atoms with van der Waals surface area (Å²) in [5.41, 5.74) is 8.52. The van der Waals surface area contributed by atoms with Crippen molar-refractivity contribution < 1.29 is 4.52 Å². The quantitative estimate of drug-likeness (QED) is 0.809. The third-order valence-electron chi connectivity index (χ3n) is 2.62. The van der Waals surface area contributed by atoms with E-state index in [2.05, 4.69) is 41.6 Å². The topological polar surface area (TPSA) is 52.0 Å². The molecule has 2 N–H and O–H groups in total. The molecule has 0 unspecified atom stereocenters. The van der Waals surface area contributed by atoms with E-state index in [9.17, 15) is 0 Å². The van der Waals surface area contributed by atoms with Crippen molar-refractivity contribution in [1.82, 2.24) is 5.16 Å². The van der Waals surface area contributed by atoms with E-state index in [-0.39, 0.29) is 0 Å². The summed E-state index contributed by atoms with van der Waals surface area (Å²) in [7, 11) is 0. The lowest BCUT2D eigenvalue weighted by atomic mass is 9.99. The summed E-state index contributed by atoms with van der Waals surface area (Å²) < 4.78 is 6.12. The minimum absolute atomic E-state index is 0.397. The summed E-state index contributed by atoms with van der Waals surface area (Å²) in [6.45, 7) is 4.27. The highest BCUT2D eigenvalue weighted by Crippen LogP contribution is 2.32. The van der Waals surface area contributed by atoms with E-state index in [1.807, 2.05) is 18.2 Å². The zero-order valence-corrected chi connectivity index (χ0v) is 13.1. The summed E-state index contributed by atoms with van der Waals surface area (Å²) in [6.07, 6.45) is 0.842. The molecule has 0 atom stereocenters. The van der Waals surface area contributed by atoms with E-state index in [1.165, 1.54) is 0 Å². The van der Waals surface area contributed by atoms with Gasteiger partial charge in [-0.25, -0.2) is 0 Å². The molecule has 0 saturated heterocycles. The number of nitrogens with zero attached hydrogens (tertiary/aromatic N) is 1. The molecule has 0 radical (unpaired) electrons. The number of hydrogen-bond donors (Lipinski definition) is 1. The van der Waals surface area contributed by atoms with Gasteiger partial charge in [0.1, 0.15) is 5.69 Å². The predicted molar refractivity (Wildman–Crippen MR) is 82.6 cm³/mol. The van der Waals surface area contributed by atoms with E-state index < -0.39 is 0 Å². The van der Waals surface area contributed by atoms with Gasteiger partial charge >= 0.3 is 0 Å².